The molecule has 3 aliphatic rings. The Balaban J connectivity index is 1.07. The van der Waals surface area contributed by atoms with E-state index in [0.717, 1.165) is 47.6 Å². The zero-order valence-electron chi connectivity index (χ0n) is 18.9. The summed E-state index contributed by atoms with van der Waals surface area (Å²) in [4.78, 5) is 25.0. The highest BCUT2D eigenvalue weighted by molar-refractivity contribution is 5.95. The second-order valence-electron chi connectivity index (χ2n) is 9.39. The third kappa shape index (κ3) is 3.73. The summed E-state index contributed by atoms with van der Waals surface area (Å²) in [7, 11) is 2.25. The van der Waals surface area contributed by atoms with E-state index in [1.54, 1.807) is 10.9 Å². The molecule has 4 heterocycles. The summed E-state index contributed by atoms with van der Waals surface area (Å²) in [6, 6.07) is 17.6. The van der Waals surface area contributed by atoms with E-state index in [1.807, 2.05) is 42.5 Å². The summed E-state index contributed by atoms with van der Waals surface area (Å²) in [5.41, 5.74) is 2.83. The van der Waals surface area contributed by atoms with Crippen molar-refractivity contribution in [2.45, 2.75) is 24.5 Å². The standard InChI is InChI=1S/C25H30N6O2/c1-28-13-19-12-18(28)16-30(19)20-14-29(15-20)22-8-5-9-23-24(22)27-17-31(23)25(32)26-10-11-33-21-6-3-2-4-7-21/h2-9,17-20H,10-16H2,1H3,(H,26,32). The number of ether oxygens (including phenoxy) is 1. The Kier molecular flexibility index (Phi) is 5.19. The highest BCUT2D eigenvalue weighted by atomic mass is 16.5. The van der Waals surface area contributed by atoms with Gasteiger partial charge in [0.2, 0.25) is 0 Å². The van der Waals surface area contributed by atoms with E-state index in [4.69, 9.17) is 4.74 Å². The maximum absolute atomic E-state index is 12.8. The molecule has 2 atom stereocenters. The number of nitrogens with zero attached hydrogens (tertiary/aromatic N) is 5. The van der Waals surface area contributed by atoms with Crippen LogP contribution < -0.4 is 15.0 Å². The molecular weight excluding hydrogens is 416 g/mol. The van der Waals surface area contributed by atoms with Crippen LogP contribution in [0.3, 0.4) is 0 Å². The minimum Gasteiger partial charge on any atom is -0.492 e. The summed E-state index contributed by atoms with van der Waals surface area (Å²) in [6.45, 7) is 5.30. The molecule has 0 saturated carbocycles. The molecule has 8 heteroatoms. The predicted octanol–water partition coefficient (Wildman–Crippen LogP) is 2.25. The number of anilines is 1. The molecule has 0 radical (unpaired) electrons. The third-order valence-electron chi connectivity index (χ3n) is 7.39. The van der Waals surface area contributed by atoms with E-state index in [1.165, 1.54) is 19.5 Å². The van der Waals surface area contributed by atoms with Crippen LogP contribution in [0.25, 0.3) is 11.0 Å². The Morgan fingerprint density at radius 2 is 1.88 bits per heavy atom. The fraction of sp³-hybridized carbons (Fsp3) is 0.440. The van der Waals surface area contributed by atoms with Crippen molar-refractivity contribution in [3.05, 3.63) is 54.9 Å². The van der Waals surface area contributed by atoms with Crippen molar-refractivity contribution in [3.63, 3.8) is 0 Å². The molecule has 3 aromatic rings. The number of para-hydroxylation sites is 2. The zero-order chi connectivity index (χ0) is 22.4. The van der Waals surface area contributed by atoms with Crippen molar-refractivity contribution in [1.29, 1.82) is 0 Å². The van der Waals surface area contributed by atoms with Crippen molar-refractivity contribution in [2.75, 3.05) is 51.3 Å². The van der Waals surface area contributed by atoms with Gasteiger partial charge in [-0.25, -0.2) is 9.78 Å². The summed E-state index contributed by atoms with van der Waals surface area (Å²) in [5, 5.41) is 2.92. The third-order valence-corrected chi connectivity index (χ3v) is 7.39. The van der Waals surface area contributed by atoms with Gasteiger partial charge in [0, 0.05) is 44.3 Å². The Morgan fingerprint density at radius 3 is 2.64 bits per heavy atom. The van der Waals surface area contributed by atoms with E-state index in [9.17, 15) is 4.79 Å². The quantitative estimate of drug-likeness (QED) is 0.586. The Morgan fingerprint density at radius 1 is 1.03 bits per heavy atom. The van der Waals surface area contributed by atoms with E-state index in [-0.39, 0.29) is 6.03 Å². The molecule has 0 spiro atoms. The average Bonchev–Trinajstić information content (AvgIpc) is 3.51. The van der Waals surface area contributed by atoms with Crippen LogP contribution in [-0.2, 0) is 0 Å². The lowest BCUT2D eigenvalue weighted by Crippen LogP contribution is -2.63. The predicted molar refractivity (Wildman–Crippen MR) is 128 cm³/mol. The van der Waals surface area contributed by atoms with Crippen LogP contribution in [-0.4, -0.2) is 89.9 Å². The Hall–Kier alpha value is -3.10. The monoisotopic (exact) mass is 446 g/mol. The van der Waals surface area contributed by atoms with E-state index < -0.39 is 0 Å². The maximum atomic E-state index is 12.8. The van der Waals surface area contributed by atoms with Gasteiger partial charge in [-0.05, 0) is 37.7 Å². The van der Waals surface area contributed by atoms with Gasteiger partial charge in [-0.1, -0.05) is 24.3 Å². The highest BCUT2D eigenvalue weighted by Gasteiger charge is 2.47. The first-order valence-corrected chi connectivity index (χ1v) is 11.8. The number of likely N-dealkylation sites (tertiary alicyclic amines) is 2. The zero-order valence-corrected chi connectivity index (χ0v) is 18.9. The normalized spacial score (nSPS) is 23.2. The number of carbonyl (C=O) groups is 1. The fourth-order valence-electron chi connectivity index (χ4n) is 5.58. The van der Waals surface area contributed by atoms with Gasteiger partial charge in [0.05, 0.1) is 17.7 Å². The molecule has 3 fully saturated rings. The summed E-state index contributed by atoms with van der Waals surface area (Å²) < 4.78 is 7.25. The molecule has 33 heavy (non-hydrogen) atoms. The lowest BCUT2D eigenvalue weighted by molar-refractivity contribution is 0.0912. The number of piperazine rings is 1. The molecule has 8 nitrogen and oxygen atoms in total. The molecule has 2 bridgehead atoms. The van der Waals surface area contributed by atoms with Crippen molar-refractivity contribution >= 4 is 22.8 Å². The Bertz CT molecular complexity index is 1140. The molecule has 2 aromatic carbocycles. The topological polar surface area (TPSA) is 65.9 Å². The van der Waals surface area contributed by atoms with Crippen molar-refractivity contribution in [1.82, 2.24) is 24.7 Å². The molecule has 3 aliphatic heterocycles. The molecule has 3 saturated heterocycles. The van der Waals surface area contributed by atoms with Crippen LogP contribution in [0, 0.1) is 0 Å². The number of likely N-dealkylation sites (N-methyl/N-ethyl adjacent to an activating group) is 1. The van der Waals surface area contributed by atoms with Gasteiger partial charge in [0.25, 0.3) is 0 Å². The molecule has 172 valence electrons. The summed E-state index contributed by atoms with van der Waals surface area (Å²) in [6.07, 6.45) is 2.94. The molecular formula is C25H30N6O2. The van der Waals surface area contributed by atoms with Crippen molar-refractivity contribution in [3.8, 4) is 5.75 Å². The fourth-order valence-corrected chi connectivity index (χ4v) is 5.58. The molecule has 1 aromatic heterocycles. The smallest absolute Gasteiger partial charge is 0.327 e. The van der Waals surface area contributed by atoms with Gasteiger partial charge < -0.3 is 19.9 Å². The SMILES string of the molecule is CN1CC2CC1CN2C1CN(c2cccc3c2ncn3C(=O)NCCOc2ccccc2)C1. The lowest BCUT2D eigenvalue weighted by atomic mass is 10.0. The van der Waals surface area contributed by atoms with Gasteiger partial charge >= 0.3 is 6.03 Å². The number of nitrogens with one attached hydrogen (secondary N) is 1. The van der Waals surface area contributed by atoms with Crippen molar-refractivity contribution in [2.24, 2.45) is 0 Å². The molecule has 1 amide bonds. The second kappa shape index (κ2) is 8.35. The van der Waals surface area contributed by atoms with Gasteiger partial charge in [-0.15, -0.1) is 0 Å². The lowest BCUT2D eigenvalue weighted by Gasteiger charge is -2.48. The van der Waals surface area contributed by atoms with Gasteiger partial charge in [0.15, 0.2) is 0 Å². The largest absolute Gasteiger partial charge is 0.492 e. The Labute approximate surface area is 193 Å². The van der Waals surface area contributed by atoms with Crippen LogP contribution in [0.2, 0.25) is 0 Å². The van der Waals surface area contributed by atoms with E-state index in [0.29, 0.717) is 19.2 Å². The maximum Gasteiger partial charge on any atom is 0.327 e. The number of hydrogen-bond donors (Lipinski definition) is 1. The minimum absolute atomic E-state index is 0.190. The van der Waals surface area contributed by atoms with Crippen LogP contribution in [0.4, 0.5) is 10.5 Å². The van der Waals surface area contributed by atoms with Gasteiger partial charge in [0.1, 0.15) is 24.2 Å². The van der Waals surface area contributed by atoms with Crippen LogP contribution in [0.5, 0.6) is 5.75 Å². The van der Waals surface area contributed by atoms with Crippen LogP contribution >= 0.6 is 0 Å². The van der Waals surface area contributed by atoms with E-state index in [2.05, 4.69) is 38.1 Å². The number of imidazole rings is 1. The number of aromatic nitrogens is 2. The molecule has 6 rings (SSSR count). The highest BCUT2D eigenvalue weighted by Crippen LogP contribution is 2.36. The first-order chi connectivity index (χ1) is 16.2. The molecule has 2 unspecified atom stereocenters. The summed E-state index contributed by atoms with van der Waals surface area (Å²) >= 11 is 0. The number of fused-ring (bicyclic) bond motifs is 3. The first kappa shape index (κ1) is 20.5. The van der Waals surface area contributed by atoms with Gasteiger partial charge in [-0.2, -0.15) is 0 Å². The second-order valence-corrected chi connectivity index (χ2v) is 9.39. The van der Waals surface area contributed by atoms with Gasteiger partial charge in [-0.3, -0.25) is 9.47 Å². The van der Waals surface area contributed by atoms with Crippen LogP contribution in [0.15, 0.2) is 54.9 Å². The number of carbonyl (C=O) groups excluding carboxylic acids is 1. The van der Waals surface area contributed by atoms with E-state index >= 15 is 0 Å². The summed E-state index contributed by atoms with van der Waals surface area (Å²) in [5.74, 6) is 0.797. The first-order valence-electron chi connectivity index (χ1n) is 11.8. The number of rotatable bonds is 6. The number of amides is 1. The van der Waals surface area contributed by atoms with Crippen LogP contribution in [0.1, 0.15) is 6.42 Å². The minimum atomic E-state index is -0.190. The number of hydrogen-bond acceptors (Lipinski definition) is 6. The number of benzene rings is 2. The average molecular weight is 447 g/mol. The molecule has 0 aliphatic carbocycles. The van der Waals surface area contributed by atoms with Crippen molar-refractivity contribution < 1.29 is 9.53 Å². The molecule has 1 N–H and O–H groups in total.